The lowest BCUT2D eigenvalue weighted by molar-refractivity contribution is -0.123. The van der Waals surface area contributed by atoms with E-state index in [1.54, 1.807) is 0 Å². The van der Waals surface area contributed by atoms with Crippen molar-refractivity contribution in [2.24, 2.45) is 11.1 Å². The van der Waals surface area contributed by atoms with Crippen LogP contribution in [-0.4, -0.2) is 42.0 Å². The Hall–Kier alpha value is -0.610. The highest BCUT2D eigenvalue weighted by atomic mass is 16.1. The van der Waals surface area contributed by atoms with Crippen LogP contribution in [-0.2, 0) is 4.79 Å². The molecule has 0 aromatic rings. The van der Waals surface area contributed by atoms with Gasteiger partial charge in [-0.1, -0.05) is 12.8 Å². The Kier molecular flexibility index (Phi) is 5.31. The van der Waals surface area contributed by atoms with E-state index in [9.17, 15) is 4.79 Å². The van der Waals surface area contributed by atoms with Crippen molar-refractivity contribution in [2.45, 2.75) is 77.3 Å². The van der Waals surface area contributed by atoms with Crippen LogP contribution >= 0.6 is 0 Å². The van der Waals surface area contributed by atoms with Gasteiger partial charge in [-0.15, -0.1) is 0 Å². The van der Waals surface area contributed by atoms with E-state index < -0.39 is 0 Å². The summed E-state index contributed by atoms with van der Waals surface area (Å²) in [5.41, 5.74) is 6.41. The maximum absolute atomic E-state index is 12.1. The minimum atomic E-state index is -0.161. The van der Waals surface area contributed by atoms with Crippen molar-refractivity contribution < 1.29 is 4.79 Å². The highest BCUT2D eigenvalue weighted by molar-refractivity contribution is 5.77. The van der Waals surface area contributed by atoms with Gasteiger partial charge < -0.3 is 11.1 Å². The van der Waals surface area contributed by atoms with Crippen LogP contribution in [0.25, 0.3) is 0 Å². The zero-order valence-corrected chi connectivity index (χ0v) is 14.1. The van der Waals surface area contributed by atoms with Crippen molar-refractivity contribution in [2.75, 3.05) is 19.6 Å². The van der Waals surface area contributed by atoms with Gasteiger partial charge in [0.1, 0.15) is 0 Å². The largest absolute Gasteiger partial charge is 0.351 e. The molecule has 2 aliphatic rings. The van der Waals surface area contributed by atoms with E-state index in [1.807, 2.05) is 20.8 Å². The minimum Gasteiger partial charge on any atom is -0.351 e. The number of amides is 1. The Bertz CT molecular complexity index is 346. The fraction of sp³-hybridized carbons (Fsp3) is 0.941. The number of piperidine rings is 1. The summed E-state index contributed by atoms with van der Waals surface area (Å²) in [7, 11) is 0. The predicted octanol–water partition coefficient (Wildman–Crippen LogP) is 2.27. The summed E-state index contributed by atoms with van der Waals surface area (Å²) in [6.07, 6.45) is 8.77. The van der Waals surface area contributed by atoms with Gasteiger partial charge in [-0.05, 0) is 65.0 Å². The van der Waals surface area contributed by atoms with Crippen molar-refractivity contribution in [3.8, 4) is 0 Å². The quantitative estimate of drug-likeness (QED) is 0.836. The van der Waals surface area contributed by atoms with E-state index in [2.05, 4.69) is 10.2 Å². The van der Waals surface area contributed by atoms with Gasteiger partial charge in [0, 0.05) is 24.5 Å². The molecule has 0 aromatic heterocycles. The number of carbonyl (C=O) groups excluding carboxylic acids is 1. The van der Waals surface area contributed by atoms with Gasteiger partial charge >= 0.3 is 0 Å². The summed E-state index contributed by atoms with van der Waals surface area (Å²) in [6.45, 7) is 8.87. The zero-order chi connectivity index (χ0) is 15.5. The van der Waals surface area contributed by atoms with E-state index in [0.29, 0.717) is 18.4 Å². The van der Waals surface area contributed by atoms with Crippen LogP contribution in [0.1, 0.15) is 65.7 Å². The molecule has 0 radical (unpaired) electrons. The lowest BCUT2D eigenvalue weighted by Crippen LogP contribution is -2.50. The first-order valence-electron chi connectivity index (χ1n) is 8.59. The Balaban J connectivity index is 1.83. The van der Waals surface area contributed by atoms with Crippen LogP contribution in [0.2, 0.25) is 0 Å². The molecule has 1 amide bonds. The van der Waals surface area contributed by atoms with Gasteiger partial charge in [-0.3, -0.25) is 9.69 Å². The zero-order valence-electron chi connectivity index (χ0n) is 14.1. The summed E-state index contributed by atoms with van der Waals surface area (Å²) in [6, 6.07) is 0.200. The predicted molar refractivity (Wildman–Crippen MR) is 87.1 cm³/mol. The number of likely N-dealkylation sites (tertiary alicyclic amines) is 1. The molecule has 1 aliphatic heterocycles. The normalized spacial score (nSPS) is 24.2. The standard InChI is InChI=1S/C17H33N3O/c1-16(2,3)19-15(21)12-14(13-18)20-10-8-17(9-11-20)6-4-5-7-17/h14H,4-13,18H2,1-3H3,(H,19,21). The van der Waals surface area contributed by atoms with Gasteiger partial charge in [-0.25, -0.2) is 0 Å². The molecule has 21 heavy (non-hydrogen) atoms. The number of nitrogens with zero attached hydrogens (tertiary/aromatic N) is 1. The van der Waals surface area contributed by atoms with Crippen LogP contribution in [0.3, 0.4) is 0 Å². The van der Waals surface area contributed by atoms with Crippen molar-refractivity contribution >= 4 is 5.91 Å². The van der Waals surface area contributed by atoms with Crippen LogP contribution in [0, 0.1) is 5.41 Å². The Morgan fingerprint density at radius 3 is 2.24 bits per heavy atom. The summed E-state index contributed by atoms with van der Waals surface area (Å²) in [4.78, 5) is 14.6. The maximum Gasteiger partial charge on any atom is 0.222 e. The second-order valence-electron chi connectivity index (χ2n) is 8.13. The smallest absolute Gasteiger partial charge is 0.222 e. The van der Waals surface area contributed by atoms with E-state index in [-0.39, 0.29) is 17.5 Å². The SMILES string of the molecule is CC(C)(C)NC(=O)CC(CN)N1CCC2(CCCC2)CC1. The average molecular weight is 295 g/mol. The van der Waals surface area contributed by atoms with E-state index >= 15 is 0 Å². The van der Waals surface area contributed by atoms with Gasteiger partial charge in [0.05, 0.1) is 0 Å². The molecule has 3 N–H and O–H groups in total. The topological polar surface area (TPSA) is 58.4 Å². The fourth-order valence-electron chi connectivity index (χ4n) is 4.03. The summed E-state index contributed by atoms with van der Waals surface area (Å²) < 4.78 is 0. The third-order valence-electron chi connectivity index (χ3n) is 5.25. The second kappa shape index (κ2) is 6.66. The summed E-state index contributed by atoms with van der Waals surface area (Å²) >= 11 is 0. The second-order valence-corrected chi connectivity index (χ2v) is 8.13. The van der Waals surface area contributed by atoms with Crippen LogP contribution in [0.15, 0.2) is 0 Å². The molecular formula is C17H33N3O. The van der Waals surface area contributed by atoms with Crippen LogP contribution in [0.5, 0.6) is 0 Å². The molecule has 0 bridgehead atoms. The molecule has 1 saturated heterocycles. The van der Waals surface area contributed by atoms with Crippen molar-refractivity contribution in [3.05, 3.63) is 0 Å². The molecule has 4 heteroatoms. The van der Waals surface area contributed by atoms with Gasteiger partial charge in [-0.2, -0.15) is 0 Å². The highest BCUT2D eigenvalue weighted by Gasteiger charge is 2.38. The molecule has 1 atom stereocenters. The number of hydrogen-bond acceptors (Lipinski definition) is 3. The van der Waals surface area contributed by atoms with Crippen molar-refractivity contribution in [3.63, 3.8) is 0 Å². The number of nitrogens with one attached hydrogen (secondary N) is 1. The molecule has 0 aromatic carbocycles. The molecule has 2 rings (SSSR count). The minimum absolute atomic E-state index is 0.124. The molecule has 122 valence electrons. The van der Waals surface area contributed by atoms with E-state index in [1.165, 1.54) is 38.5 Å². The molecule has 2 fully saturated rings. The lowest BCUT2D eigenvalue weighted by Gasteiger charge is -2.42. The highest BCUT2D eigenvalue weighted by Crippen LogP contribution is 2.46. The van der Waals surface area contributed by atoms with Crippen LogP contribution < -0.4 is 11.1 Å². The first-order chi connectivity index (χ1) is 9.84. The van der Waals surface area contributed by atoms with Crippen molar-refractivity contribution in [1.29, 1.82) is 0 Å². The van der Waals surface area contributed by atoms with E-state index in [4.69, 9.17) is 5.73 Å². The number of rotatable bonds is 4. The lowest BCUT2D eigenvalue weighted by atomic mass is 9.76. The van der Waals surface area contributed by atoms with E-state index in [0.717, 1.165) is 13.1 Å². The Labute approximate surface area is 129 Å². The first kappa shape index (κ1) is 16.8. The molecule has 4 nitrogen and oxygen atoms in total. The molecule has 1 unspecified atom stereocenters. The molecule has 1 heterocycles. The summed E-state index contributed by atoms with van der Waals surface area (Å²) in [5.74, 6) is 0.124. The Morgan fingerprint density at radius 1 is 1.19 bits per heavy atom. The molecule has 1 aliphatic carbocycles. The van der Waals surface area contributed by atoms with Crippen LogP contribution in [0.4, 0.5) is 0 Å². The third-order valence-corrected chi connectivity index (χ3v) is 5.25. The van der Waals surface area contributed by atoms with Gasteiger partial charge in [0.15, 0.2) is 0 Å². The van der Waals surface area contributed by atoms with Gasteiger partial charge in [0.2, 0.25) is 5.91 Å². The third kappa shape index (κ3) is 4.68. The maximum atomic E-state index is 12.1. The number of nitrogens with two attached hydrogens (primary N) is 1. The summed E-state index contributed by atoms with van der Waals surface area (Å²) in [5, 5.41) is 3.05. The van der Waals surface area contributed by atoms with Crippen molar-refractivity contribution in [1.82, 2.24) is 10.2 Å². The fourth-order valence-corrected chi connectivity index (χ4v) is 4.03. The number of hydrogen-bond donors (Lipinski definition) is 2. The Morgan fingerprint density at radius 2 is 1.76 bits per heavy atom. The monoisotopic (exact) mass is 295 g/mol. The van der Waals surface area contributed by atoms with Gasteiger partial charge in [0.25, 0.3) is 0 Å². The molecular weight excluding hydrogens is 262 g/mol. The average Bonchev–Trinajstić information content (AvgIpc) is 2.83. The first-order valence-corrected chi connectivity index (χ1v) is 8.59. The molecule has 1 spiro atoms. The molecule has 1 saturated carbocycles. The number of carbonyl (C=O) groups is 1.